The molecule has 2 N–H and O–H groups in total. The van der Waals surface area contributed by atoms with Crippen LogP contribution in [0.3, 0.4) is 0 Å². The topological polar surface area (TPSA) is 131 Å². The number of carboxylic acid groups (broad SMARTS) is 1. The number of carboxylic acids is 1. The van der Waals surface area contributed by atoms with Gasteiger partial charge in [-0.2, -0.15) is 5.26 Å². The molecule has 0 radical (unpaired) electrons. The van der Waals surface area contributed by atoms with Gasteiger partial charge in [-0.1, -0.05) is 60.7 Å². The van der Waals surface area contributed by atoms with Gasteiger partial charge in [-0.25, -0.2) is 9.59 Å². The number of hydrogen-bond acceptors (Lipinski definition) is 6. The number of hydrogen-bond donors (Lipinski definition) is 2. The van der Waals surface area contributed by atoms with Crippen LogP contribution in [0, 0.1) is 11.3 Å². The molecule has 42 heavy (non-hydrogen) atoms. The third kappa shape index (κ3) is 6.29. The number of rotatable bonds is 9. The minimum Gasteiger partial charge on any atom is -0.480 e. The molecule has 1 aromatic heterocycles. The molecule has 1 amide bonds. The molecule has 9 heteroatoms. The Hall–Kier alpha value is -5.88. The SMILES string of the molecule is N#Cc1ccc2c(c1)c(C[C@H](NC(=O)c1ccccc1Oc1ccccc1)C(=O)O)cn2C(=O)OCc1ccccc1. The summed E-state index contributed by atoms with van der Waals surface area (Å²) in [5.41, 5.74) is 2.19. The second kappa shape index (κ2) is 12.5. The Bertz CT molecular complexity index is 1790. The normalized spacial score (nSPS) is 11.3. The van der Waals surface area contributed by atoms with Gasteiger partial charge in [-0.05, 0) is 53.6 Å². The Balaban J connectivity index is 1.40. The van der Waals surface area contributed by atoms with Crippen LogP contribution >= 0.6 is 0 Å². The van der Waals surface area contributed by atoms with E-state index in [1.165, 1.54) is 10.8 Å². The van der Waals surface area contributed by atoms with Crippen LogP contribution < -0.4 is 10.1 Å². The van der Waals surface area contributed by atoms with Gasteiger partial charge in [0.2, 0.25) is 0 Å². The lowest BCUT2D eigenvalue weighted by atomic mass is 10.0. The van der Waals surface area contributed by atoms with E-state index < -0.39 is 24.0 Å². The smallest absolute Gasteiger partial charge is 0.418 e. The van der Waals surface area contributed by atoms with Gasteiger partial charge in [0, 0.05) is 18.0 Å². The zero-order chi connectivity index (χ0) is 29.5. The van der Waals surface area contributed by atoms with Crippen molar-refractivity contribution < 1.29 is 29.0 Å². The lowest BCUT2D eigenvalue weighted by Gasteiger charge is -2.16. The number of aromatic nitrogens is 1. The maximum absolute atomic E-state index is 13.3. The third-order valence-electron chi connectivity index (χ3n) is 6.55. The molecule has 4 aromatic carbocycles. The Kier molecular flexibility index (Phi) is 8.26. The second-order valence-electron chi connectivity index (χ2n) is 9.39. The molecule has 0 aliphatic carbocycles. The number of benzene rings is 4. The number of ether oxygens (including phenoxy) is 2. The van der Waals surface area contributed by atoms with Gasteiger partial charge in [-0.3, -0.25) is 9.36 Å². The lowest BCUT2D eigenvalue weighted by molar-refractivity contribution is -0.139. The summed E-state index contributed by atoms with van der Waals surface area (Å²) in [4.78, 5) is 38.6. The number of nitrogens with one attached hydrogen (secondary N) is 1. The minimum absolute atomic E-state index is 0.0449. The van der Waals surface area contributed by atoms with Gasteiger partial charge in [0.05, 0.1) is 22.7 Å². The molecule has 5 aromatic rings. The van der Waals surface area contributed by atoms with E-state index in [2.05, 4.69) is 11.4 Å². The van der Waals surface area contributed by atoms with E-state index in [0.717, 1.165) is 5.56 Å². The second-order valence-corrected chi connectivity index (χ2v) is 9.39. The Morgan fingerprint density at radius 2 is 1.60 bits per heavy atom. The molecule has 1 atom stereocenters. The van der Waals surface area contributed by atoms with E-state index in [9.17, 15) is 24.8 Å². The average Bonchev–Trinajstić information content (AvgIpc) is 3.38. The van der Waals surface area contributed by atoms with Crippen molar-refractivity contribution in [2.75, 3.05) is 0 Å². The summed E-state index contributed by atoms with van der Waals surface area (Å²) < 4.78 is 12.6. The standard InChI is InChI=1S/C33H25N3O6/c34-19-23-15-16-29-27(17-23)24(20-36(29)33(40)41-21-22-9-3-1-4-10-22)18-28(32(38)39)35-31(37)26-13-7-8-14-30(26)42-25-11-5-2-6-12-25/h1-17,20,28H,18,21H2,(H,35,37)(H,38,39)/t28-/m0/s1. The molecule has 9 nitrogen and oxygen atoms in total. The van der Waals surface area contributed by atoms with Crippen LogP contribution in [0.2, 0.25) is 0 Å². The zero-order valence-electron chi connectivity index (χ0n) is 22.3. The summed E-state index contributed by atoms with van der Waals surface area (Å²) in [7, 11) is 0. The van der Waals surface area contributed by atoms with E-state index in [4.69, 9.17) is 9.47 Å². The molecule has 0 saturated heterocycles. The van der Waals surface area contributed by atoms with E-state index in [1.807, 2.05) is 36.4 Å². The monoisotopic (exact) mass is 559 g/mol. The first-order valence-corrected chi connectivity index (χ1v) is 13.0. The Morgan fingerprint density at radius 3 is 2.31 bits per heavy atom. The molecular formula is C33H25N3O6. The Morgan fingerprint density at radius 1 is 0.905 bits per heavy atom. The highest BCUT2D eigenvalue weighted by Crippen LogP contribution is 2.27. The number of amides is 1. The molecule has 0 spiro atoms. The average molecular weight is 560 g/mol. The zero-order valence-corrected chi connectivity index (χ0v) is 22.3. The summed E-state index contributed by atoms with van der Waals surface area (Å²) in [5.74, 6) is -1.12. The van der Waals surface area contributed by atoms with E-state index in [1.54, 1.807) is 66.7 Å². The predicted molar refractivity (Wildman–Crippen MR) is 154 cm³/mol. The summed E-state index contributed by atoms with van der Waals surface area (Å²) in [6, 6.07) is 30.1. The first-order valence-electron chi connectivity index (χ1n) is 13.0. The van der Waals surface area contributed by atoms with Crippen LogP contribution in [0.25, 0.3) is 10.9 Å². The summed E-state index contributed by atoms with van der Waals surface area (Å²) in [5, 5.41) is 22.6. The van der Waals surface area contributed by atoms with Crippen LogP contribution in [0.4, 0.5) is 4.79 Å². The van der Waals surface area contributed by atoms with Crippen LogP contribution in [-0.2, 0) is 22.6 Å². The van der Waals surface area contributed by atoms with Crippen molar-refractivity contribution in [3.05, 3.63) is 132 Å². The Labute approximate surface area is 241 Å². The summed E-state index contributed by atoms with van der Waals surface area (Å²) in [6.07, 6.45) is 0.656. The van der Waals surface area contributed by atoms with Gasteiger partial charge in [-0.15, -0.1) is 0 Å². The molecular weight excluding hydrogens is 534 g/mol. The van der Waals surface area contributed by atoms with Crippen molar-refractivity contribution in [2.24, 2.45) is 0 Å². The molecule has 208 valence electrons. The van der Waals surface area contributed by atoms with Crippen molar-refractivity contribution in [3.8, 4) is 17.6 Å². The minimum atomic E-state index is -1.35. The fraction of sp³-hybridized carbons (Fsp3) is 0.0909. The van der Waals surface area contributed by atoms with E-state index in [0.29, 0.717) is 27.8 Å². The van der Waals surface area contributed by atoms with Gasteiger partial charge in [0.1, 0.15) is 24.1 Å². The van der Waals surface area contributed by atoms with Gasteiger partial charge in [0.25, 0.3) is 5.91 Å². The highest BCUT2D eigenvalue weighted by molar-refractivity contribution is 5.99. The molecule has 5 rings (SSSR count). The predicted octanol–water partition coefficient (Wildman–Crippen LogP) is 5.92. The van der Waals surface area contributed by atoms with Gasteiger partial charge >= 0.3 is 12.1 Å². The van der Waals surface area contributed by atoms with Crippen LogP contribution in [0.15, 0.2) is 109 Å². The van der Waals surface area contributed by atoms with Crippen molar-refractivity contribution in [3.63, 3.8) is 0 Å². The molecule has 0 unspecified atom stereocenters. The summed E-state index contributed by atoms with van der Waals surface area (Å²) in [6.45, 7) is 0.0449. The molecule has 0 saturated carbocycles. The highest BCUT2D eigenvalue weighted by Gasteiger charge is 2.26. The van der Waals surface area contributed by atoms with E-state index >= 15 is 0 Å². The first-order chi connectivity index (χ1) is 20.4. The number of aliphatic carboxylic acids is 1. The number of fused-ring (bicyclic) bond motifs is 1. The molecule has 0 aliphatic heterocycles. The lowest BCUT2D eigenvalue weighted by Crippen LogP contribution is -2.42. The van der Waals surface area contributed by atoms with Crippen molar-refractivity contribution in [1.82, 2.24) is 9.88 Å². The maximum atomic E-state index is 13.3. The number of carbonyl (C=O) groups excluding carboxylic acids is 2. The van der Waals surface area contributed by atoms with Crippen molar-refractivity contribution >= 4 is 28.9 Å². The maximum Gasteiger partial charge on any atom is 0.418 e. The molecule has 0 fully saturated rings. The quantitative estimate of drug-likeness (QED) is 0.229. The first kappa shape index (κ1) is 27.7. The van der Waals surface area contributed by atoms with Crippen molar-refractivity contribution in [2.45, 2.75) is 19.1 Å². The highest BCUT2D eigenvalue weighted by atomic mass is 16.5. The number of carbonyl (C=O) groups is 3. The van der Waals surface area contributed by atoms with Crippen LogP contribution in [-0.4, -0.2) is 33.7 Å². The number of nitrogens with zero attached hydrogens (tertiary/aromatic N) is 2. The fourth-order valence-corrected chi connectivity index (χ4v) is 4.49. The van der Waals surface area contributed by atoms with Gasteiger partial charge < -0.3 is 19.9 Å². The largest absolute Gasteiger partial charge is 0.480 e. The molecule has 1 heterocycles. The van der Waals surface area contributed by atoms with Crippen LogP contribution in [0.5, 0.6) is 11.5 Å². The van der Waals surface area contributed by atoms with Gasteiger partial charge in [0.15, 0.2) is 0 Å². The number of para-hydroxylation sites is 2. The number of nitriles is 1. The summed E-state index contributed by atoms with van der Waals surface area (Å²) >= 11 is 0. The van der Waals surface area contributed by atoms with Crippen molar-refractivity contribution in [1.29, 1.82) is 5.26 Å². The fourth-order valence-electron chi connectivity index (χ4n) is 4.49. The third-order valence-corrected chi connectivity index (χ3v) is 6.55. The molecule has 0 bridgehead atoms. The van der Waals surface area contributed by atoms with Crippen LogP contribution in [0.1, 0.15) is 27.0 Å². The van der Waals surface area contributed by atoms with E-state index in [-0.39, 0.29) is 24.3 Å². The molecule has 0 aliphatic rings.